The lowest BCUT2D eigenvalue weighted by molar-refractivity contribution is -0.148. The van der Waals surface area contributed by atoms with Crippen LogP contribution >= 0.6 is 0 Å². The fraction of sp³-hybridized carbons (Fsp3) is 0.536. The van der Waals surface area contributed by atoms with Crippen molar-refractivity contribution in [1.82, 2.24) is 0 Å². The zero-order valence-electron chi connectivity index (χ0n) is 19.7. The number of ether oxygens (including phenoxy) is 2. The van der Waals surface area contributed by atoms with Gasteiger partial charge in [0.2, 0.25) is 0 Å². The lowest BCUT2D eigenvalue weighted by atomic mass is 10.0. The third-order valence-corrected chi connectivity index (χ3v) is 5.68. The van der Waals surface area contributed by atoms with Gasteiger partial charge in [-0.2, -0.15) is 0 Å². The van der Waals surface area contributed by atoms with Crippen molar-refractivity contribution >= 4 is 5.97 Å². The minimum absolute atomic E-state index is 0.172. The molecular weight excluding hydrogens is 384 g/mol. The van der Waals surface area contributed by atoms with E-state index >= 15 is 0 Å². The Labute approximate surface area is 189 Å². The number of benzene rings is 2. The summed E-state index contributed by atoms with van der Waals surface area (Å²) in [6.07, 6.45) is 12.1. The summed E-state index contributed by atoms with van der Waals surface area (Å²) in [5, 5.41) is 0. The topological polar surface area (TPSA) is 35.5 Å². The number of unbranched alkanes of at least 4 members (excludes halogenated alkanes) is 8. The molecule has 3 heteroatoms. The van der Waals surface area contributed by atoms with Crippen molar-refractivity contribution in [3.05, 3.63) is 54.1 Å². The van der Waals surface area contributed by atoms with Crippen molar-refractivity contribution in [2.75, 3.05) is 6.61 Å². The first kappa shape index (κ1) is 25.0. The van der Waals surface area contributed by atoms with Gasteiger partial charge in [-0.3, -0.25) is 4.79 Å². The number of carbonyl (C=O) groups is 1. The van der Waals surface area contributed by atoms with Gasteiger partial charge in [-0.25, -0.2) is 0 Å². The predicted octanol–water partition coefficient (Wildman–Crippen LogP) is 8.28. The normalized spacial score (nSPS) is 11.8. The molecule has 0 saturated heterocycles. The standard InChI is InChI=1S/C28H40O3/c1-4-6-7-8-9-10-11-12-13-22-30-27-20-18-26(19-21-27)25-16-14-24(15-17-25)23(3)31-28(29)5-2/h14-21,23H,4-13,22H2,1-3H3. The van der Waals surface area contributed by atoms with Crippen LogP contribution < -0.4 is 4.74 Å². The van der Waals surface area contributed by atoms with Crippen molar-refractivity contribution in [3.8, 4) is 16.9 Å². The van der Waals surface area contributed by atoms with E-state index in [1.807, 2.05) is 38.1 Å². The fourth-order valence-corrected chi connectivity index (χ4v) is 3.64. The number of esters is 1. The Morgan fingerprint density at radius 1 is 0.742 bits per heavy atom. The molecule has 2 aromatic rings. The van der Waals surface area contributed by atoms with E-state index in [0.717, 1.165) is 35.5 Å². The summed E-state index contributed by atoms with van der Waals surface area (Å²) in [6, 6.07) is 16.5. The average Bonchev–Trinajstić information content (AvgIpc) is 2.80. The first-order valence-electron chi connectivity index (χ1n) is 12.2. The molecule has 0 spiro atoms. The highest BCUT2D eigenvalue weighted by Gasteiger charge is 2.10. The van der Waals surface area contributed by atoms with Crippen molar-refractivity contribution in [1.29, 1.82) is 0 Å². The van der Waals surface area contributed by atoms with Gasteiger partial charge < -0.3 is 9.47 Å². The van der Waals surface area contributed by atoms with Crippen molar-refractivity contribution in [2.24, 2.45) is 0 Å². The summed E-state index contributed by atoms with van der Waals surface area (Å²) in [7, 11) is 0. The van der Waals surface area contributed by atoms with Crippen LogP contribution in [0.4, 0.5) is 0 Å². The summed E-state index contributed by atoms with van der Waals surface area (Å²) in [6.45, 7) is 6.77. The van der Waals surface area contributed by atoms with Gasteiger partial charge in [0.15, 0.2) is 0 Å². The molecule has 0 aliphatic carbocycles. The molecule has 0 radical (unpaired) electrons. The Morgan fingerprint density at radius 2 is 1.26 bits per heavy atom. The highest BCUT2D eigenvalue weighted by Crippen LogP contribution is 2.25. The van der Waals surface area contributed by atoms with Crippen LogP contribution in [0.2, 0.25) is 0 Å². The van der Waals surface area contributed by atoms with E-state index in [4.69, 9.17) is 9.47 Å². The Balaban J connectivity index is 1.69. The highest BCUT2D eigenvalue weighted by molar-refractivity contribution is 5.69. The van der Waals surface area contributed by atoms with Crippen LogP contribution in [0.15, 0.2) is 48.5 Å². The van der Waals surface area contributed by atoms with Crippen molar-refractivity contribution in [2.45, 2.75) is 91.1 Å². The molecule has 0 N–H and O–H groups in total. The third kappa shape index (κ3) is 9.59. The average molecular weight is 425 g/mol. The summed E-state index contributed by atoms with van der Waals surface area (Å²) >= 11 is 0. The van der Waals surface area contributed by atoms with Crippen molar-refractivity contribution < 1.29 is 14.3 Å². The maximum absolute atomic E-state index is 11.5. The van der Waals surface area contributed by atoms with Gasteiger partial charge in [0.05, 0.1) is 6.61 Å². The van der Waals surface area contributed by atoms with Crippen LogP contribution in [0.5, 0.6) is 5.75 Å². The van der Waals surface area contributed by atoms with Gasteiger partial charge in [0.25, 0.3) is 0 Å². The number of hydrogen-bond donors (Lipinski definition) is 0. The van der Waals surface area contributed by atoms with E-state index in [-0.39, 0.29) is 12.1 Å². The van der Waals surface area contributed by atoms with Crippen LogP contribution in [-0.2, 0) is 9.53 Å². The van der Waals surface area contributed by atoms with Gasteiger partial charge in [-0.05, 0) is 42.2 Å². The lowest BCUT2D eigenvalue weighted by Crippen LogP contribution is -2.07. The molecule has 2 rings (SSSR count). The Kier molecular flexibility index (Phi) is 11.8. The predicted molar refractivity (Wildman–Crippen MR) is 129 cm³/mol. The molecule has 0 aromatic heterocycles. The number of rotatable bonds is 15. The monoisotopic (exact) mass is 424 g/mol. The van der Waals surface area contributed by atoms with Crippen LogP contribution in [0.3, 0.4) is 0 Å². The second-order valence-electron chi connectivity index (χ2n) is 8.31. The van der Waals surface area contributed by atoms with Crippen LogP contribution in [0, 0.1) is 0 Å². The van der Waals surface area contributed by atoms with E-state index in [2.05, 4.69) is 31.2 Å². The lowest BCUT2D eigenvalue weighted by Gasteiger charge is -2.13. The summed E-state index contributed by atoms with van der Waals surface area (Å²) in [5.74, 6) is 0.759. The SMILES string of the molecule is CCCCCCCCCCCOc1ccc(-c2ccc(C(C)OC(=O)CC)cc2)cc1. The molecule has 0 heterocycles. The minimum atomic E-state index is -0.224. The van der Waals surface area contributed by atoms with Crippen LogP contribution in [0.1, 0.15) is 96.6 Å². The molecule has 0 aliphatic rings. The smallest absolute Gasteiger partial charge is 0.306 e. The zero-order chi connectivity index (χ0) is 22.3. The summed E-state index contributed by atoms with van der Waals surface area (Å²) < 4.78 is 11.3. The maximum Gasteiger partial charge on any atom is 0.306 e. The summed E-state index contributed by atoms with van der Waals surface area (Å²) in [4.78, 5) is 11.5. The molecule has 0 amide bonds. The third-order valence-electron chi connectivity index (χ3n) is 5.68. The van der Waals surface area contributed by atoms with E-state index in [1.165, 1.54) is 51.4 Å². The van der Waals surface area contributed by atoms with E-state index < -0.39 is 0 Å². The van der Waals surface area contributed by atoms with E-state index in [1.54, 1.807) is 0 Å². The Morgan fingerprint density at radius 3 is 1.81 bits per heavy atom. The van der Waals surface area contributed by atoms with Gasteiger partial charge in [0.1, 0.15) is 11.9 Å². The maximum atomic E-state index is 11.5. The van der Waals surface area contributed by atoms with Gasteiger partial charge in [-0.15, -0.1) is 0 Å². The Hall–Kier alpha value is -2.29. The van der Waals surface area contributed by atoms with Crippen LogP contribution in [-0.4, -0.2) is 12.6 Å². The molecule has 0 saturated carbocycles. The largest absolute Gasteiger partial charge is 0.494 e. The molecule has 170 valence electrons. The highest BCUT2D eigenvalue weighted by atomic mass is 16.5. The first-order valence-corrected chi connectivity index (χ1v) is 12.2. The van der Waals surface area contributed by atoms with Gasteiger partial charge in [0, 0.05) is 6.42 Å². The number of hydrogen-bond acceptors (Lipinski definition) is 3. The van der Waals surface area contributed by atoms with Gasteiger partial charge in [-0.1, -0.05) is 102 Å². The van der Waals surface area contributed by atoms with E-state index in [0.29, 0.717) is 6.42 Å². The molecule has 0 fully saturated rings. The summed E-state index contributed by atoms with van der Waals surface area (Å²) in [5.41, 5.74) is 3.30. The van der Waals surface area contributed by atoms with Crippen LogP contribution in [0.25, 0.3) is 11.1 Å². The molecule has 1 atom stereocenters. The van der Waals surface area contributed by atoms with Gasteiger partial charge >= 0.3 is 5.97 Å². The molecule has 0 bridgehead atoms. The molecule has 2 aromatic carbocycles. The zero-order valence-corrected chi connectivity index (χ0v) is 19.7. The quantitative estimate of drug-likeness (QED) is 0.213. The second kappa shape index (κ2) is 14.7. The Bertz CT molecular complexity index is 734. The molecule has 1 unspecified atom stereocenters. The number of carbonyl (C=O) groups excluding carboxylic acids is 1. The molecule has 31 heavy (non-hydrogen) atoms. The fourth-order valence-electron chi connectivity index (χ4n) is 3.64. The first-order chi connectivity index (χ1) is 15.1. The molecular formula is C28H40O3. The minimum Gasteiger partial charge on any atom is -0.494 e. The van der Waals surface area contributed by atoms with E-state index in [9.17, 15) is 4.79 Å². The molecule has 0 aliphatic heterocycles. The molecule has 3 nitrogen and oxygen atoms in total. The second-order valence-corrected chi connectivity index (χ2v) is 8.31. The van der Waals surface area contributed by atoms with Crippen molar-refractivity contribution in [3.63, 3.8) is 0 Å².